The van der Waals surface area contributed by atoms with Crippen LogP contribution in [0.3, 0.4) is 0 Å². The van der Waals surface area contributed by atoms with Gasteiger partial charge in [0.2, 0.25) is 0 Å². The molecule has 0 spiro atoms. The van der Waals surface area contributed by atoms with E-state index in [2.05, 4.69) is 12.2 Å². The number of aliphatic hydroxyl groups is 1. The number of nitrogens with one attached hydrogen (secondary N) is 1. The molecular formula is C17H23NO3S. The Morgan fingerprint density at radius 3 is 2.91 bits per heavy atom. The summed E-state index contributed by atoms with van der Waals surface area (Å²) in [5.74, 6) is 3.69. The van der Waals surface area contributed by atoms with Crippen LogP contribution in [0.1, 0.15) is 31.6 Å². The van der Waals surface area contributed by atoms with E-state index in [1.165, 1.54) is 0 Å². The second-order valence-corrected chi connectivity index (χ2v) is 7.19. The molecule has 1 aliphatic heterocycles. The number of benzene rings is 1. The summed E-state index contributed by atoms with van der Waals surface area (Å²) >= 11 is 1.91. The van der Waals surface area contributed by atoms with E-state index < -0.39 is 5.60 Å². The first-order valence-corrected chi connectivity index (χ1v) is 8.87. The Kier molecular flexibility index (Phi) is 4.66. The third kappa shape index (κ3) is 3.26. The second-order valence-electron chi connectivity index (χ2n) is 5.97. The minimum absolute atomic E-state index is 0.0516. The third-order valence-corrected chi connectivity index (χ3v) is 5.32. The molecule has 1 aliphatic rings. The molecule has 1 unspecified atom stereocenters. The molecule has 1 aromatic heterocycles. The number of methoxy groups -OCH3 is 1. The average Bonchev–Trinajstić information content (AvgIpc) is 2.97. The van der Waals surface area contributed by atoms with Crippen LogP contribution < -0.4 is 10.1 Å². The fourth-order valence-electron chi connectivity index (χ4n) is 2.80. The van der Waals surface area contributed by atoms with Crippen molar-refractivity contribution in [3.8, 4) is 5.75 Å². The molecule has 1 aromatic carbocycles. The van der Waals surface area contributed by atoms with Gasteiger partial charge in [0.1, 0.15) is 5.76 Å². The zero-order valence-electron chi connectivity index (χ0n) is 13.1. The van der Waals surface area contributed by atoms with Crippen molar-refractivity contribution in [3.05, 3.63) is 30.0 Å². The van der Waals surface area contributed by atoms with Crippen molar-refractivity contribution in [1.29, 1.82) is 0 Å². The van der Waals surface area contributed by atoms with Crippen LogP contribution in [0.2, 0.25) is 0 Å². The van der Waals surface area contributed by atoms with Gasteiger partial charge in [0.15, 0.2) is 11.3 Å². The quantitative estimate of drug-likeness (QED) is 0.884. The van der Waals surface area contributed by atoms with Crippen LogP contribution in [0.5, 0.6) is 5.75 Å². The fourth-order valence-corrected chi connectivity index (χ4v) is 4.05. The lowest BCUT2D eigenvalue weighted by atomic mass is 9.96. The van der Waals surface area contributed by atoms with E-state index in [-0.39, 0.29) is 6.04 Å². The van der Waals surface area contributed by atoms with Gasteiger partial charge < -0.3 is 19.6 Å². The molecule has 2 heterocycles. The molecule has 5 heteroatoms. The topological polar surface area (TPSA) is 54.6 Å². The summed E-state index contributed by atoms with van der Waals surface area (Å²) in [6, 6.07) is 7.97. The molecule has 2 N–H and O–H groups in total. The summed E-state index contributed by atoms with van der Waals surface area (Å²) in [5, 5.41) is 15.0. The van der Waals surface area contributed by atoms with E-state index in [1.807, 2.05) is 36.0 Å². The first-order valence-electron chi connectivity index (χ1n) is 7.71. The Hall–Kier alpha value is -1.17. The number of thioether (sulfide) groups is 1. The minimum atomic E-state index is -0.580. The zero-order chi connectivity index (χ0) is 15.6. The number of hydrogen-bond acceptors (Lipinski definition) is 5. The van der Waals surface area contributed by atoms with Crippen LogP contribution in [0.15, 0.2) is 28.7 Å². The van der Waals surface area contributed by atoms with Crippen LogP contribution in [0, 0.1) is 0 Å². The smallest absolute Gasteiger partial charge is 0.176 e. The molecule has 0 bridgehead atoms. The molecular weight excluding hydrogens is 298 g/mol. The predicted molar refractivity (Wildman–Crippen MR) is 90.7 cm³/mol. The summed E-state index contributed by atoms with van der Waals surface area (Å²) in [4.78, 5) is 0. The van der Waals surface area contributed by atoms with E-state index in [0.717, 1.165) is 46.8 Å². The summed E-state index contributed by atoms with van der Waals surface area (Å²) in [6.45, 7) is 2.66. The van der Waals surface area contributed by atoms with Crippen molar-refractivity contribution in [1.82, 2.24) is 5.32 Å². The van der Waals surface area contributed by atoms with Crippen LogP contribution in [0.4, 0.5) is 0 Å². The predicted octanol–water partition coefficient (Wildman–Crippen LogP) is 3.35. The summed E-state index contributed by atoms with van der Waals surface area (Å²) in [7, 11) is 1.65. The Bertz CT molecular complexity index is 634. The van der Waals surface area contributed by atoms with E-state index >= 15 is 0 Å². The Balaban J connectivity index is 1.70. The van der Waals surface area contributed by atoms with Gasteiger partial charge in [-0.1, -0.05) is 12.1 Å². The Labute approximate surface area is 135 Å². The number of ether oxygens (including phenoxy) is 1. The molecule has 120 valence electrons. The highest BCUT2D eigenvalue weighted by Gasteiger charge is 2.30. The van der Waals surface area contributed by atoms with Gasteiger partial charge in [-0.15, -0.1) is 0 Å². The van der Waals surface area contributed by atoms with Crippen molar-refractivity contribution in [2.24, 2.45) is 0 Å². The molecule has 4 nitrogen and oxygen atoms in total. The first kappa shape index (κ1) is 15.7. The van der Waals surface area contributed by atoms with Gasteiger partial charge in [-0.2, -0.15) is 11.8 Å². The maximum Gasteiger partial charge on any atom is 0.176 e. The van der Waals surface area contributed by atoms with Gasteiger partial charge in [-0.25, -0.2) is 0 Å². The van der Waals surface area contributed by atoms with Crippen molar-refractivity contribution in [2.75, 3.05) is 25.2 Å². The minimum Gasteiger partial charge on any atom is -0.493 e. The van der Waals surface area contributed by atoms with Gasteiger partial charge in [0, 0.05) is 11.9 Å². The van der Waals surface area contributed by atoms with Gasteiger partial charge in [0.05, 0.1) is 18.8 Å². The van der Waals surface area contributed by atoms with Gasteiger partial charge in [0.25, 0.3) is 0 Å². The lowest BCUT2D eigenvalue weighted by Crippen LogP contribution is -2.44. The molecule has 0 saturated carbocycles. The van der Waals surface area contributed by atoms with Crippen LogP contribution in [-0.2, 0) is 0 Å². The highest BCUT2D eigenvalue weighted by atomic mass is 32.2. The maximum atomic E-state index is 10.6. The van der Waals surface area contributed by atoms with Crippen LogP contribution in [-0.4, -0.2) is 35.9 Å². The fraction of sp³-hybridized carbons (Fsp3) is 0.529. The Morgan fingerprint density at radius 1 is 1.41 bits per heavy atom. The molecule has 0 radical (unpaired) electrons. The zero-order valence-corrected chi connectivity index (χ0v) is 13.9. The molecule has 0 aliphatic carbocycles. The van der Waals surface area contributed by atoms with E-state index in [1.54, 1.807) is 7.11 Å². The first-order chi connectivity index (χ1) is 10.6. The molecule has 1 atom stereocenters. The van der Waals surface area contributed by atoms with Gasteiger partial charge >= 0.3 is 0 Å². The monoisotopic (exact) mass is 321 g/mol. The third-order valence-electron chi connectivity index (χ3n) is 4.33. The molecule has 1 saturated heterocycles. The SMILES string of the molecule is COc1cccc2cc(C(C)NCC3(O)CCSCC3)oc12. The maximum absolute atomic E-state index is 10.6. The summed E-state index contributed by atoms with van der Waals surface area (Å²) < 4.78 is 11.3. The van der Waals surface area contributed by atoms with Crippen molar-refractivity contribution < 1.29 is 14.3 Å². The normalized spacial score (nSPS) is 19.2. The van der Waals surface area contributed by atoms with E-state index in [0.29, 0.717) is 6.54 Å². The van der Waals surface area contributed by atoms with Crippen LogP contribution >= 0.6 is 11.8 Å². The number of hydrogen-bond donors (Lipinski definition) is 2. The van der Waals surface area contributed by atoms with Crippen molar-refractivity contribution >= 4 is 22.7 Å². The van der Waals surface area contributed by atoms with Crippen LogP contribution in [0.25, 0.3) is 11.0 Å². The molecule has 2 aromatic rings. The number of furan rings is 1. The van der Waals surface area contributed by atoms with Crippen molar-refractivity contribution in [2.45, 2.75) is 31.4 Å². The largest absolute Gasteiger partial charge is 0.493 e. The van der Waals surface area contributed by atoms with Gasteiger partial charge in [-0.05, 0) is 43.4 Å². The van der Waals surface area contributed by atoms with E-state index in [4.69, 9.17) is 9.15 Å². The molecule has 0 amide bonds. The second kappa shape index (κ2) is 6.52. The number of fused-ring (bicyclic) bond motifs is 1. The lowest BCUT2D eigenvalue weighted by Gasteiger charge is -2.32. The summed E-state index contributed by atoms with van der Waals surface area (Å²) in [5.41, 5.74) is 0.199. The van der Waals surface area contributed by atoms with E-state index in [9.17, 15) is 5.11 Å². The van der Waals surface area contributed by atoms with Crippen molar-refractivity contribution in [3.63, 3.8) is 0 Å². The highest BCUT2D eigenvalue weighted by molar-refractivity contribution is 7.99. The molecule has 1 fully saturated rings. The average molecular weight is 321 g/mol. The summed E-state index contributed by atoms with van der Waals surface area (Å²) in [6.07, 6.45) is 1.71. The number of rotatable bonds is 5. The molecule has 22 heavy (non-hydrogen) atoms. The van der Waals surface area contributed by atoms with Gasteiger partial charge in [-0.3, -0.25) is 0 Å². The Morgan fingerprint density at radius 2 is 2.18 bits per heavy atom. The number of para-hydroxylation sites is 1. The lowest BCUT2D eigenvalue weighted by molar-refractivity contribution is 0.0295. The standard InChI is InChI=1S/C17H23NO3S/c1-12(18-11-17(19)6-8-22-9-7-17)15-10-13-4-3-5-14(20-2)16(13)21-15/h3-5,10,12,18-19H,6-9,11H2,1-2H3. The molecule has 3 rings (SSSR count). The highest BCUT2D eigenvalue weighted by Crippen LogP contribution is 2.31.